The van der Waals surface area contributed by atoms with Crippen LogP contribution in [0.3, 0.4) is 0 Å². The molecule has 21 heavy (non-hydrogen) atoms. The van der Waals surface area contributed by atoms with Gasteiger partial charge in [-0.05, 0) is 47.2 Å². The number of nitrogens with zero attached hydrogens (tertiary/aromatic N) is 4. The molecule has 0 atom stereocenters. The lowest BCUT2D eigenvalue weighted by Gasteiger charge is -2.09. The molecule has 0 amide bonds. The van der Waals surface area contributed by atoms with Gasteiger partial charge >= 0.3 is 0 Å². The van der Waals surface area contributed by atoms with Crippen LogP contribution in [0.25, 0.3) is 17.1 Å². The average Bonchev–Trinajstić information content (AvgIpc) is 2.91. The zero-order valence-electron chi connectivity index (χ0n) is 11.1. The maximum Gasteiger partial charge on any atom is 0.188 e. The predicted molar refractivity (Wildman–Crippen MR) is 83.8 cm³/mol. The van der Waals surface area contributed by atoms with E-state index in [2.05, 4.69) is 15.5 Å². The normalized spacial score (nSPS) is 10.8. The number of aryl methyl sites for hydroxylation is 1. The van der Waals surface area contributed by atoms with Crippen LogP contribution in [0.15, 0.2) is 36.4 Å². The Hall–Kier alpha value is -2.11. The molecule has 0 bridgehead atoms. The van der Waals surface area contributed by atoms with Crippen molar-refractivity contribution in [1.82, 2.24) is 20.2 Å². The standard InChI is InChI=1S/C14H11Cl2N5/c1-8-5-6-12(10(15)7-8)21-14(18-19-20-21)9-3-2-4-11(17)13(9)16/h2-7H,17H2,1H3. The third-order valence-corrected chi connectivity index (χ3v) is 3.79. The molecule has 3 aromatic rings. The fraction of sp³-hybridized carbons (Fsp3) is 0.0714. The van der Waals surface area contributed by atoms with Crippen LogP contribution in [0.5, 0.6) is 0 Å². The van der Waals surface area contributed by atoms with E-state index >= 15 is 0 Å². The quantitative estimate of drug-likeness (QED) is 0.733. The van der Waals surface area contributed by atoms with Crippen molar-refractivity contribution in [2.75, 3.05) is 5.73 Å². The highest BCUT2D eigenvalue weighted by molar-refractivity contribution is 6.35. The molecule has 2 aromatic carbocycles. The molecule has 0 saturated carbocycles. The first-order valence-corrected chi connectivity index (χ1v) is 6.93. The van der Waals surface area contributed by atoms with E-state index in [1.807, 2.05) is 31.2 Å². The molecular formula is C14H11Cl2N5. The molecular weight excluding hydrogens is 309 g/mol. The van der Waals surface area contributed by atoms with Gasteiger partial charge in [-0.25, -0.2) is 0 Å². The molecule has 0 unspecified atom stereocenters. The Bertz CT molecular complexity index is 813. The summed E-state index contributed by atoms with van der Waals surface area (Å²) in [5.41, 5.74) is 8.69. The summed E-state index contributed by atoms with van der Waals surface area (Å²) in [6.45, 7) is 1.96. The lowest BCUT2D eigenvalue weighted by Crippen LogP contribution is -2.02. The minimum absolute atomic E-state index is 0.414. The van der Waals surface area contributed by atoms with Gasteiger partial charge in [0.2, 0.25) is 0 Å². The van der Waals surface area contributed by atoms with E-state index in [1.165, 1.54) is 0 Å². The first kappa shape index (κ1) is 13.9. The highest BCUT2D eigenvalue weighted by Crippen LogP contribution is 2.32. The van der Waals surface area contributed by atoms with Gasteiger partial charge in [0.25, 0.3) is 0 Å². The van der Waals surface area contributed by atoms with Crippen LogP contribution < -0.4 is 5.73 Å². The molecule has 1 heterocycles. The van der Waals surface area contributed by atoms with E-state index in [0.717, 1.165) is 5.56 Å². The molecule has 106 valence electrons. The number of aromatic nitrogens is 4. The van der Waals surface area contributed by atoms with Crippen LogP contribution >= 0.6 is 23.2 Å². The van der Waals surface area contributed by atoms with E-state index in [1.54, 1.807) is 16.8 Å². The monoisotopic (exact) mass is 319 g/mol. The van der Waals surface area contributed by atoms with Gasteiger partial charge in [-0.1, -0.05) is 35.3 Å². The highest BCUT2D eigenvalue weighted by atomic mass is 35.5. The van der Waals surface area contributed by atoms with Gasteiger partial charge in [-0.2, -0.15) is 4.68 Å². The van der Waals surface area contributed by atoms with Gasteiger partial charge in [-0.15, -0.1) is 5.10 Å². The lowest BCUT2D eigenvalue weighted by molar-refractivity contribution is 0.791. The van der Waals surface area contributed by atoms with Crippen molar-refractivity contribution in [3.05, 3.63) is 52.0 Å². The second kappa shape index (κ2) is 5.35. The number of tetrazole rings is 1. The first-order chi connectivity index (χ1) is 10.1. The maximum atomic E-state index is 6.28. The second-order valence-corrected chi connectivity index (χ2v) is 5.36. The maximum absolute atomic E-state index is 6.28. The van der Waals surface area contributed by atoms with Crippen molar-refractivity contribution >= 4 is 28.9 Å². The van der Waals surface area contributed by atoms with Gasteiger partial charge in [0.15, 0.2) is 5.82 Å². The number of benzene rings is 2. The van der Waals surface area contributed by atoms with Crippen LogP contribution in [0.4, 0.5) is 5.69 Å². The first-order valence-electron chi connectivity index (χ1n) is 6.17. The van der Waals surface area contributed by atoms with Crippen molar-refractivity contribution in [2.24, 2.45) is 0 Å². The molecule has 0 aliphatic heterocycles. The van der Waals surface area contributed by atoms with E-state index in [-0.39, 0.29) is 0 Å². The Kier molecular flexibility index (Phi) is 3.53. The fourth-order valence-corrected chi connectivity index (χ4v) is 2.55. The summed E-state index contributed by atoms with van der Waals surface area (Å²) in [6, 6.07) is 11.0. The summed E-state index contributed by atoms with van der Waals surface area (Å²) in [5.74, 6) is 0.484. The Morgan fingerprint density at radius 1 is 1.14 bits per heavy atom. The van der Waals surface area contributed by atoms with Gasteiger partial charge < -0.3 is 5.73 Å². The third kappa shape index (κ3) is 2.46. The summed E-state index contributed by atoms with van der Waals surface area (Å²) in [5, 5.41) is 12.7. The Morgan fingerprint density at radius 3 is 2.71 bits per heavy atom. The van der Waals surface area contributed by atoms with Crippen molar-refractivity contribution in [3.63, 3.8) is 0 Å². The zero-order valence-corrected chi connectivity index (χ0v) is 12.6. The number of halogens is 2. The third-order valence-electron chi connectivity index (χ3n) is 3.07. The Morgan fingerprint density at radius 2 is 1.95 bits per heavy atom. The minimum atomic E-state index is 0.414. The number of nitrogen functional groups attached to an aromatic ring is 1. The molecule has 3 rings (SSSR count). The number of hydrogen-bond acceptors (Lipinski definition) is 4. The Balaban J connectivity index is 2.20. The average molecular weight is 320 g/mol. The summed E-state index contributed by atoms with van der Waals surface area (Å²) in [7, 11) is 0. The van der Waals surface area contributed by atoms with E-state index in [4.69, 9.17) is 28.9 Å². The number of nitrogens with two attached hydrogens (primary N) is 1. The number of rotatable bonds is 2. The molecule has 1 aromatic heterocycles. The smallest absolute Gasteiger partial charge is 0.188 e. The Labute approximate surface area is 131 Å². The van der Waals surface area contributed by atoms with Crippen molar-refractivity contribution in [3.8, 4) is 17.1 Å². The van der Waals surface area contributed by atoms with Gasteiger partial charge in [0, 0.05) is 5.56 Å². The van der Waals surface area contributed by atoms with Gasteiger partial charge in [0.1, 0.15) is 0 Å². The van der Waals surface area contributed by atoms with Crippen LogP contribution in [0.2, 0.25) is 10.0 Å². The van der Waals surface area contributed by atoms with Crippen LogP contribution in [-0.4, -0.2) is 20.2 Å². The molecule has 0 spiro atoms. The summed E-state index contributed by atoms with van der Waals surface area (Å²) in [6.07, 6.45) is 0. The summed E-state index contributed by atoms with van der Waals surface area (Å²) < 4.78 is 1.54. The number of hydrogen-bond donors (Lipinski definition) is 1. The van der Waals surface area contributed by atoms with Crippen molar-refractivity contribution < 1.29 is 0 Å². The van der Waals surface area contributed by atoms with Crippen LogP contribution in [0.1, 0.15) is 5.56 Å². The largest absolute Gasteiger partial charge is 0.398 e. The molecule has 2 N–H and O–H groups in total. The second-order valence-electron chi connectivity index (χ2n) is 4.58. The molecule has 0 saturated heterocycles. The van der Waals surface area contributed by atoms with Crippen LogP contribution in [0, 0.1) is 6.92 Å². The summed E-state index contributed by atoms with van der Waals surface area (Å²) >= 11 is 12.5. The van der Waals surface area contributed by atoms with Crippen LogP contribution in [-0.2, 0) is 0 Å². The summed E-state index contributed by atoms with van der Waals surface area (Å²) in [4.78, 5) is 0. The van der Waals surface area contributed by atoms with Crippen molar-refractivity contribution in [2.45, 2.75) is 6.92 Å². The topological polar surface area (TPSA) is 69.6 Å². The van der Waals surface area contributed by atoms with Gasteiger partial charge in [0.05, 0.1) is 21.4 Å². The molecule has 7 heteroatoms. The van der Waals surface area contributed by atoms with E-state index in [9.17, 15) is 0 Å². The SMILES string of the molecule is Cc1ccc(-n2nnnc2-c2cccc(N)c2Cl)c(Cl)c1. The molecule has 0 aliphatic carbocycles. The molecule has 0 fully saturated rings. The molecule has 0 radical (unpaired) electrons. The van der Waals surface area contributed by atoms with Gasteiger partial charge in [-0.3, -0.25) is 0 Å². The lowest BCUT2D eigenvalue weighted by atomic mass is 10.1. The predicted octanol–water partition coefficient (Wildman–Crippen LogP) is 3.53. The van der Waals surface area contributed by atoms with Crippen molar-refractivity contribution in [1.29, 1.82) is 0 Å². The fourth-order valence-electron chi connectivity index (χ4n) is 2.02. The number of anilines is 1. The molecule has 0 aliphatic rings. The minimum Gasteiger partial charge on any atom is -0.398 e. The zero-order chi connectivity index (χ0) is 15.0. The van der Waals surface area contributed by atoms with E-state index in [0.29, 0.717) is 32.8 Å². The van der Waals surface area contributed by atoms with E-state index < -0.39 is 0 Å². The molecule has 5 nitrogen and oxygen atoms in total. The highest BCUT2D eigenvalue weighted by Gasteiger charge is 2.16.